The van der Waals surface area contributed by atoms with Crippen LogP contribution in [-0.2, 0) is 11.3 Å². The molecule has 1 aliphatic rings. The maximum atomic E-state index is 5.72. The van der Waals surface area contributed by atoms with Crippen LogP contribution in [-0.4, -0.2) is 30.2 Å². The van der Waals surface area contributed by atoms with Crippen molar-refractivity contribution in [1.29, 1.82) is 0 Å². The maximum Gasteiger partial charge on any atom is 0.0717 e. The van der Waals surface area contributed by atoms with Crippen LogP contribution in [0.5, 0.6) is 0 Å². The van der Waals surface area contributed by atoms with Crippen LogP contribution >= 0.6 is 11.8 Å². The summed E-state index contributed by atoms with van der Waals surface area (Å²) < 4.78 is 5.72. The molecule has 94 valence electrons. The molecule has 3 heteroatoms. The molecule has 0 aliphatic carbocycles. The largest absolute Gasteiger partial charge is 0.375 e. The number of ether oxygens (including phenoxy) is 1. The van der Waals surface area contributed by atoms with Gasteiger partial charge >= 0.3 is 0 Å². The molecule has 2 rings (SSSR count). The van der Waals surface area contributed by atoms with E-state index in [-0.39, 0.29) is 0 Å². The Morgan fingerprint density at radius 2 is 2.24 bits per heavy atom. The molecule has 1 aliphatic heterocycles. The second-order valence-corrected chi connectivity index (χ2v) is 5.78. The summed E-state index contributed by atoms with van der Waals surface area (Å²) in [6.07, 6.45) is 1.30. The van der Waals surface area contributed by atoms with Gasteiger partial charge in [-0.2, -0.15) is 11.8 Å². The summed E-state index contributed by atoms with van der Waals surface area (Å²) in [4.78, 5) is 0. The van der Waals surface area contributed by atoms with Gasteiger partial charge in [-0.15, -0.1) is 0 Å². The van der Waals surface area contributed by atoms with Crippen LogP contribution in [0.2, 0.25) is 0 Å². The van der Waals surface area contributed by atoms with E-state index in [0.717, 1.165) is 6.61 Å². The van der Waals surface area contributed by atoms with Gasteiger partial charge in [0.15, 0.2) is 0 Å². The Bertz CT molecular complexity index is 311. The molecule has 0 bridgehead atoms. The van der Waals surface area contributed by atoms with Crippen molar-refractivity contribution in [3.63, 3.8) is 0 Å². The van der Waals surface area contributed by atoms with Crippen LogP contribution in [0.25, 0.3) is 0 Å². The third kappa shape index (κ3) is 4.70. The van der Waals surface area contributed by atoms with Gasteiger partial charge in [0.25, 0.3) is 0 Å². The monoisotopic (exact) mass is 251 g/mol. The van der Waals surface area contributed by atoms with Gasteiger partial charge in [-0.25, -0.2) is 0 Å². The van der Waals surface area contributed by atoms with Crippen molar-refractivity contribution in [3.8, 4) is 0 Å². The van der Waals surface area contributed by atoms with E-state index in [4.69, 9.17) is 4.74 Å². The molecule has 1 aromatic rings. The highest BCUT2D eigenvalue weighted by Crippen LogP contribution is 2.17. The summed E-state index contributed by atoms with van der Waals surface area (Å²) in [5.74, 6) is 2.55. The molecule has 0 radical (unpaired) electrons. The highest BCUT2D eigenvalue weighted by atomic mass is 32.2. The average molecular weight is 251 g/mol. The molecule has 1 saturated heterocycles. The summed E-state index contributed by atoms with van der Waals surface area (Å²) in [5.41, 5.74) is 1.25. The first-order chi connectivity index (χ1) is 8.34. The van der Waals surface area contributed by atoms with Crippen LogP contribution in [0.15, 0.2) is 30.3 Å². The van der Waals surface area contributed by atoms with Crippen molar-refractivity contribution in [2.45, 2.75) is 32.0 Å². The van der Waals surface area contributed by atoms with Gasteiger partial charge in [0.2, 0.25) is 0 Å². The van der Waals surface area contributed by atoms with Crippen LogP contribution < -0.4 is 5.32 Å². The average Bonchev–Trinajstić information content (AvgIpc) is 2.83. The molecular formula is C14H21NOS. The number of nitrogens with one attached hydrogen (secondary N) is 1. The van der Waals surface area contributed by atoms with Gasteiger partial charge in [-0.05, 0) is 24.7 Å². The Balaban J connectivity index is 1.61. The molecule has 1 N–H and O–H groups in total. The first kappa shape index (κ1) is 12.9. The second-order valence-electron chi connectivity index (χ2n) is 4.63. The van der Waals surface area contributed by atoms with Crippen LogP contribution in [0.4, 0.5) is 0 Å². The third-order valence-corrected chi connectivity index (χ3v) is 4.09. The van der Waals surface area contributed by atoms with Crippen molar-refractivity contribution >= 4 is 11.8 Å². The van der Waals surface area contributed by atoms with Gasteiger partial charge in [0.05, 0.1) is 13.2 Å². The topological polar surface area (TPSA) is 21.3 Å². The predicted octanol–water partition coefficient (Wildman–Crippen LogP) is 2.69. The van der Waals surface area contributed by atoms with Crippen LogP contribution in [0.3, 0.4) is 0 Å². The number of benzene rings is 1. The van der Waals surface area contributed by atoms with E-state index in [1.807, 2.05) is 17.8 Å². The molecule has 17 heavy (non-hydrogen) atoms. The van der Waals surface area contributed by atoms with Gasteiger partial charge < -0.3 is 10.1 Å². The lowest BCUT2D eigenvalue weighted by Gasteiger charge is -2.18. The minimum Gasteiger partial charge on any atom is -0.375 e. The zero-order valence-corrected chi connectivity index (χ0v) is 11.2. The predicted molar refractivity (Wildman–Crippen MR) is 74.4 cm³/mol. The van der Waals surface area contributed by atoms with Crippen molar-refractivity contribution in [3.05, 3.63) is 35.9 Å². The lowest BCUT2D eigenvalue weighted by atomic mass is 10.2. The van der Waals surface area contributed by atoms with Crippen molar-refractivity contribution in [2.24, 2.45) is 0 Å². The fourth-order valence-corrected chi connectivity index (χ4v) is 3.21. The molecule has 0 saturated carbocycles. The smallest absolute Gasteiger partial charge is 0.0717 e. The van der Waals surface area contributed by atoms with E-state index in [1.54, 1.807) is 0 Å². The van der Waals surface area contributed by atoms with Crippen molar-refractivity contribution in [1.82, 2.24) is 5.32 Å². The normalized spacial score (nSPS) is 21.6. The molecule has 0 aromatic heterocycles. The van der Waals surface area contributed by atoms with E-state index in [9.17, 15) is 0 Å². The zero-order chi connectivity index (χ0) is 11.9. The standard InChI is InChI=1S/C14H21NOS/c1-12(15-14-7-8-17-11-14)9-16-10-13-5-3-2-4-6-13/h2-6,12,14-15H,7-11H2,1H3. The van der Waals surface area contributed by atoms with Crippen molar-refractivity contribution in [2.75, 3.05) is 18.1 Å². The van der Waals surface area contributed by atoms with Gasteiger partial charge in [-0.1, -0.05) is 30.3 Å². The van der Waals surface area contributed by atoms with Gasteiger partial charge in [-0.3, -0.25) is 0 Å². The molecular weight excluding hydrogens is 230 g/mol. The first-order valence-electron chi connectivity index (χ1n) is 6.30. The van der Waals surface area contributed by atoms with Crippen molar-refractivity contribution < 1.29 is 4.74 Å². The molecule has 0 amide bonds. The van der Waals surface area contributed by atoms with Gasteiger partial charge in [0.1, 0.15) is 0 Å². The molecule has 1 fully saturated rings. The van der Waals surface area contributed by atoms with Crippen LogP contribution in [0, 0.1) is 0 Å². The Hall–Kier alpha value is -0.510. The van der Waals surface area contributed by atoms with E-state index < -0.39 is 0 Å². The molecule has 0 spiro atoms. The highest BCUT2D eigenvalue weighted by molar-refractivity contribution is 7.99. The highest BCUT2D eigenvalue weighted by Gasteiger charge is 2.16. The third-order valence-electron chi connectivity index (χ3n) is 2.93. The van der Waals surface area contributed by atoms with E-state index >= 15 is 0 Å². The Morgan fingerprint density at radius 1 is 1.41 bits per heavy atom. The minimum atomic E-state index is 0.447. The fourth-order valence-electron chi connectivity index (χ4n) is 2.04. The zero-order valence-electron chi connectivity index (χ0n) is 10.4. The molecule has 2 atom stereocenters. The summed E-state index contributed by atoms with van der Waals surface area (Å²) in [7, 11) is 0. The van der Waals surface area contributed by atoms with Gasteiger partial charge in [0, 0.05) is 17.8 Å². The Morgan fingerprint density at radius 3 is 2.94 bits per heavy atom. The molecule has 1 heterocycles. The van der Waals surface area contributed by atoms with E-state index in [0.29, 0.717) is 18.7 Å². The second kappa shape index (κ2) is 7.04. The summed E-state index contributed by atoms with van der Waals surface area (Å²) in [6.45, 7) is 3.70. The van der Waals surface area contributed by atoms with E-state index in [1.165, 1.54) is 23.5 Å². The number of rotatable bonds is 6. The van der Waals surface area contributed by atoms with E-state index in [2.05, 4.69) is 36.5 Å². The number of hydrogen-bond acceptors (Lipinski definition) is 3. The summed E-state index contributed by atoms with van der Waals surface area (Å²) in [5, 5.41) is 3.62. The van der Waals surface area contributed by atoms with Crippen LogP contribution in [0.1, 0.15) is 18.9 Å². The minimum absolute atomic E-state index is 0.447. The maximum absolute atomic E-state index is 5.72. The summed E-state index contributed by atoms with van der Waals surface area (Å²) in [6, 6.07) is 11.5. The fraction of sp³-hybridized carbons (Fsp3) is 0.571. The number of thioether (sulfide) groups is 1. The Labute approximate surface area is 108 Å². The number of hydrogen-bond donors (Lipinski definition) is 1. The lowest BCUT2D eigenvalue weighted by molar-refractivity contribution is 0.100. The Kier molecular flexibility index (Phi) is 5.36. The molecule has 1 aromatic carbocycles. The molecule has 2 unspecified atom stereocenters. The quantitative estimate of drug-likeness (QED) is 0.840. The lowest BCUT2D eigenvalue weighted by Crippen LogP contribution is -2.39. The SMILES string of the molecule is CC(COCc1ccccc1)NC1CCSC1. The molecule has 2 nitrogen and oxygen atoms in total. The first-order valence-corrected chi connectivity index (χ1v) is 7.45. The summed E-state index contributed by atoms with van der Waals surface area (Å²) >= 11 is 2.04.